The van der Waals surface area contributed by atoms with E-state index in [-0.39, 0.29) is 6.61 Å². The van der Waals surface area contributed by atoms with Crippen LogP contribution in [0.2, 0.25) is 0 Å². The van der Waals surface area contributed by atoms with Crippen molar-refractivity contribution in [1.29, 1.82) is 0 Å². The molecule has 1 N–H and O–H groups in total. The number of aliphatic hydroxyl groups is 1. The molecule has 2 heteroatoms. The van der Waals surface area contributed by atoms with E-state index in [2.05, 4.69) is 68.4 Å². The number of ether oxygens (including phenoxy) is 1. The first-order valence-electron chi connectivity index (χ1n) is 9.27. The van der Waals surface area contributed by atoms with E-state index in [1.165, 1.54) is 38.9 Å². The van der Waals surface area contributed by atoms with Crippen LogP contribution in [0, 0.1) is 0 Å². The summed E-state index contributed by atoms with van der Waals surface area (Å²) in [6.45, 7) is 4.79. The summed E-state index contributed by atoms with van der Waals surface area (Å²) in [7, 11) is 0. The second-order valence-corrected chi connectivity index (χ2v) is 7.14. The average molecular weight is 344 g/mol. The number of hydrogen-bond acceptors (Lipinski definition) is 2. The molecule has 0 spiro atoms. The molecule has 0 atom stereocenters. The fraction of sp³-hybridized carbons (Fsp3) is 0.250. The van der Waals surface area contributed by atoms with E-state index in [4.69, 9.17) is 9.84 Å². The number of benzene rings is 3. The number of rotatable bonds is 5. The van der Waals surface area contributed by atoms with Crippen LogP contribution in [0.5, 0.6) is 5.75 Å². The number of hydrogen-bond donors (Lipinski definition) is 1. The van der Waals surface area contributed by atoms with Gasteiger partial charge in [-0.1, -0.05) is 62.4 Å². The van der Waals surface area contributed by atoms with E-state index in [0.29, 0.717) is 12.5 Å². The van der Waals surface area contributed by atoms with E-state index < -0.39 is 0 Å². The van der Waals surface area contributed by atoms with Crippen LogP contribution in [-0.2, 0) is 6.42 Å². The van der Waals surface area contributed by atoms with Gasteiger partial charge in [-0.25, -0.2) is 0 Å². The van der Waals surface area contributed by atoms with Crippen molar-refractivity contribution in [2.75, 3.05) is 13.2 Å². The molecule has 132 valence electrons. The zero-order valence-electron chi connectivity index (χ0n) is 15.3. The van der Waals surface area contributed by atoms with Crippen LogP contribution in [0.25, 0.3) is 22.3 Å². The lowest BCUT2D eigenvalue weighted by Crippen LogP contribution is -2.03. The summed E-state index contributed by atoms with van der Waals surface area (Å²) in [4.78, 5) is 0. The molecule has 1 aliphatic rings. The molecule has 3 aromatic carbocycles. The first-order chi connectivity index (χ1) is 12.7. The molecule has 0 bridgehead atoms. The van der Waals surface area contributed by atoms with Crippen molar-refractivity contribution in [3.05, 3.63) is 77.4 Å². The van der Waals surface area contributed by atoms with Gasteiger partial charge in [-0.15, -0.1) is 0 Å². The number of aliphatic hydroxyl groups excluding tert-OH is 1. The van der Waals surface area contributed by atoms with Gasteiger partial charge in [0.15, 0.2) is 0 Å². The highest BCUT2D eigenvalue weighted by molar-refractivity contribution is 5.85. The van der Waals surface area contributed by atoms with Crippen molar-refractivity contribution < 1.29 is 9.84 Å². The summed E-state index contributed by atoms with van der Waals surface area (Å²) in [5.74, 6) is 1.21. The predicted molar refractivity (Wildman–Crippen MR) is 107 cm³/mol. The van der Waals surface area contributed by atoms with Gasteiger partial charge in [0, 0.05) is 0 Å². The Morgan fingerprint density at radius 1 is 0.885 bits per heavy atom. The highest BCUT2D eigenvalue weighted by atomic mass is 16.5. The first-order valence-corrected chi connectivity index (χ1v) is 9.27. The third-order valence-electron chi connectivity index (χ3n) is 5.15. The summed E-state index contributed by atoms with van der Waals surface area (Å²) in [5.41, 5.74) is 9.41. The minimum atomic E-state index is 0.0310. The van der Waals surface area contributed by atoms with E-state index >= 15 is 0 Å². The maximum Gasteiger partial charge on any atom is 0.119 e. The second-order valence-electron chi connectivity index (χ2n) is 7.14. The minimum Gasteiger partial charge on any atom is -0.491 e. The minimum absolute atomic E-state index is 0.0310. The van der Waals surface area contributed by atoms with Crippen LogP contribution in [0.1, 0.15) is 36.5 Å². The maximum atomic E-state index is 9.01. The van der Waals surface area contributed by atoms with Gasteiger partial charge in [-0.05, 0) is 63.4 Å². The zero-order valence-corrected chi connectivity index (χ0v) is 15.3. The standard InChI is InChI=1S/C24H24O2/c1-16(2)23-15-18(26-13-12-25)10-11-22(23)21-9-5-8-20-19-7-4-3-6-17(19)14-24(20)21/h3-11,15-16,25H,12-14H2,1-2H3. The molecule has 0 radical (unpaired) electrons. The summed E-state index contributed by atoms with van der Waals surface area (Å²) < 4.78 is 5.63. The largest absolute Gasteiger partial charge is 0.491 e. The Morgan fingerprint density at radius 3 is 2.38 bits per heavy atom. The fourth-order valence-electron chi connectivity index (χ4n) is 3.93. The third-order valence-corrected chi connectivity index (χ3v) is 5.15. The highest BCUT2D eigenvalue weighted by Gasteiger charge is 2.22. The van der Waals surface area contributed by atoms with Crippen molar-refractivity contribution in [2.45, 2.75) is 26.2 Å². The topological polar surface area (TPSA) is 29.5 Å². The molecular weight excluding hydrogens is 320 g/mol. The molecule has 0 saturated heterocycles. The molecule has 26 heavy (non-hydrogen) atoms. The van der Waals surface area contributed by atoms with Crippen molar-refractivity contribution in [2.24, 2.45) is 0 Å². The van der Waals surface area contributed by atoms with Crippen molar-refractivity contribution in [3.8, 4) is 28.0 Å². The van der Waals surface area contributed by atoms with Crippen molar-refractivity contribution in [1.82, 2.24) is 0 Å². The van der Waals surface area contributed by atoms with Gasteiger partial charge in [0.2, 0.25) is 0 Å². The molecule has 0 fully saturated rings. The van der Waals surface area contributed by atoms with Gasteiger partial charge < -0.3 is 9.84 Å². The Bertz CT molecular complexity index is 941. The van der Waals surface area contributed by atoms with Gasteiger partial charge in [-0.2, -0.15) is 0 Å². The average Bonchev–Trinajstić information content (AvgIpc) is 3.05. The SMILES string of the molecule is CC(C)c1cc(OCCO)ccc1-c1cccc2c1Cc1ccccc1-2. The molecule has 0 unspecified atom stereocenters. The molecule has 0 aliphatic heterocycles. The Hall–Kier alpha value is -2.58. The first kappa shape index (κ1) is 16.9. The Kier molecular flexibility index (Phi) is 4.52. The molecular formula is C24H24O2. The summed E-state index contributed by atoms with van der Waals surface area (Å²) >= 11 is 0. The van der Waals surface area contributed by atoms with Crippen LogP contribution < -0.4 is 4.74 Å². The van der Waals surface area contributed by atoms with Crippen LogP contribution in [-0.4, -0.2) is 18.3 Å². The Balaban J connectivity index is 1.82. The monoisotopic (exact) mass is 344 g/mol. The van der Waals surface area contributed by atoms with Crippen LogP contribution in [0.4, 0.5) is 0 Å². The summed E-state index contributed by atoms with van der Waals surface area (Å²) in [6.07, 6.45) is 0.988. The van der Waals surface area contributed by atoms with Crippen LogP contribution >= 0.6 is 0 Å². The molecule has 0 heterocycles. The lowest BCUT2D eigenvalue weighted by atomic mass is 9.88. The smallest absolute Gasteiger partial charge is 0.119 e. The van der Waals surface area contributed by atoms with E-state index in [1.807, 2.05) is 6.07 Å². The molecule has 3 aromatic rings. The molecule has 0 aromatic heterocycles. The lowest BCUT2D eigenvalue weighted by Gasteiger charge is -2.18. The normalized spacial score (nSPS) is 12.2. The van der Waals surface area contributed by atoms with Gasteiger partial charge in [-0.3, -0.25) is 0 Å². The quantitative estimate of drug-likeness (QED) is 0.524. The van der Waals surface area contributed by atoms with E-state index in [9.17, 15) is 0 Å². The van der Waals surface area contributed by atoms with E-state index in [1.54, 1.807) is 0 Å². The molecule has 4 rings (SSSR count). The molecule has 0 saturated carbocycles. The van der Waals surface area contributed by atoms with Crippen molar-refractivity contribution >= 4 is 0 Å². The molecule has 0 amide bonds. The van der Waals surface area contributed by atoms with Gasteiger partial charge in [0.1, 0.15) is 12.4 Å². The highest BCUT2D eigenvalue weighted by Crippen LogP contribution is 2.43. The summed E-state index contributed by atoms with van der Waals surface area (Å²) in [5, 5.41) is 9.01. The Labute approximate surface area is 155 Å². The van der Waals surface area contributed by atoms with E-state index in [0.717, 1.165) is 12.2 Å². The van der Waals surface area contributed by atoms with Gasteiger partial charge in [0.25, 0.3) is 0 Å². The zero-order chi connectivity index (χ0) is 18.1. The van der Waals surface area contributed by atoms with Crippen molar-refractivity contribution in [3.63, 3.8) is 0 Å². The predicted octanol–water partition coefficient (Wildman–Crippen LogP) is 5.42. The number of fused-ring (bicyclic) bond motifs is 3. The lowest BCUT2D eigenvalue weighted by molar-refractivity contribution is 0.201. The van der Waals surface area contributed by atoms with Crippen LogP contribution in [0.3, 0.4) is 0 Å². The Morgan fingerprint density at radius 2 is 1.62 bits per heavy atom. The van der Waals surface area contributed by atoms with Gasteiger partial charge >= 0.3 is 0 Å². The fourth-order valence-corrected chi connectivity index (χ4v) is 3.93. The maximum absolute atomic E-state index is 9.01. The second kappa shape index (κ2) is 6.97. The molecule has 2 nitrogen and oxygen atoms in total. The van der Waals surface area contributed by atoms with Crippen LogP contribution in [0.15, 0.2) is 60.7 Å². The summed E-state index contributed by atoms with van der Waals surface area (Å²) in [6, 6.07) is 21.6. The molecule has 1 aliphatic carbocycles. The third kappa shape index (κ3) is 2.91. The van der Waals surface area contributed by atoms with Gasteiger partial charge in [0.05, 0.1) is 6.61 Å².